The fourth-order valence-corrected chi connectivity index (χ4v) is 3.47. The lowest BCUT2D eigenvalue weighted by atomic mass is 9.80. The minimum atomic E-state index is -4.77. The van der Waals surface area contributed by atoms with E-state index in [-0.39, 0.29) is 23.5 Å². The smallest absolute Gasteiger partial charge is 0.412 e. The molecule has 0 aliphatic carbocycles. The monoisotopic (exact) mass is 420 g/mol. The third-order valence-electron chi connectivity index (χ3n) is 4.90. The highest BCUT2D eigenvalue weighted by atomic mass is 19.4. The van der Waals surface area contributed by atoms with Gasteiger partial charge < -0.3 is 16.2 Å². The van der Waals surface area contributed by atoms with Gasteiger partial charge in [-0.15, -0.1) is 0 Å². The second-order valence-corrected chi connectivity index (χ2v) is 6.88. The molecule has 1 fully saturated rings. The number of carbonyl (C=O) groups excluding carboxylic acids is 1. The molecule has 10 heteroatoms. The summed E-state index contributed by atoms with van der Waals surface area (Å²) < 4.78 is 40.5. The molecule has 1 aliphatic rings. The number of aliphatic carboxylic acids is 1. The summed E-state index contributed by atoms with van der Waals surface area (Å²) in [6, 6.07) is 5.23. The van der Waals surface area contributed by atoms with Crippen molar-refractivity contribution >= 4 is 17.8 Å². The van der Waals surface area contributed by atoms with Crippen LogP contribution in [-0.2, 0) is 11.2 Å². The van der Waals surface area contributed by atoms with Crippen LogP contribution in [0.1, 0.15) is 17.2 Å². The number of halogens is 3. The Balaban J connectivity index is 1.79. The second-order valence-electron chi connectivity index (χ2n) is 6.88. The Morgan fingerprint density at radius 1 is 1.27 bits per heavy atom. The van der Waals surface area contributed by atoms with E-state index < -0.39 is 36.2 Å². The Hall–Kier alpha value is -3.56. The number of hydrogen-bond donors (Lipinski definition) is 3. The number of urea groups is 1. The summed E-state index contributed by atoms with van der Waals surface area (Å²) in [5.41, 5.74) is 6.25. The first-order chi connectivity index (χ1) is 14.1. The maximum absolute atomic E-state index is 13.5. The van der Waals surface area contributed by atoms with Gasteiger partial charge in [-0.3, -0.25) is 4.90 Å². The molecule has 7 nitrogen and oxygen atoms in total. The van der Waals surface area contributed by atoms with Crippen molar-refractivity contribution in [2.24, 2.45) is 5.92 Å². The fourth-order valence-electron chi connectivity index (χ4n) is 3.47. The lowest BCUT2D eigenvalue weighted by molar-refractivity contribution is -0.156. The molecule has 2 aromatic rings. The van der Waals surface area contributed by atoms with Crippen molar-refractivity contribution in [3.8, 4) is 0 Å². The van der Waals surface area contributed by atoms with Crippen molar-refractivity contribution in [1.82, 2.24) is 15.2 Å². The number of carbonyl (C=O) groups is 2. The number of amides is 2. The molecule has 1 aromatic heterocycles. The number of carboxylic acids is 1. The minimum absolute atomic E-state index is 0.115. The number of alkyl halides is 3. The molecular formula is C20H19F3N4O3. The van der Waals surface area contributed by atoms with E-state index in [0.717, 1.165) is 4.90 Å². The van der Waals surface area contributed by atoms with Gasteiger partial charge in [-0.05, 0) is 29.7 Å². The number of nitrogens with two attached hydrogens (primary N) is 1. The molecule has 4 N–H and O–H groups in total. The molecule has 158 valence electrons. The van der Waals surface area contributed by atoms with Crippen LogP contribution in [-0.4, -0.2) is 39.2 Å². The maximum atomic E-state index is 13.5. The zero-order valence-electron chi connectivity index (χ0n) is 15.6. The lowest BCUT2D eigenvalue weighted by Crippen LogP contribution is -2.63. The molecule has 2 heterocycles. The van der Waals surface area contributed by atoms with E-state index in [1.54, 1.807) is 18.2 Å². The van der Waals surface area contributed by atoms with Crippen LogP contribution in [0.3, 0.4) is 0 Å². The predicted molar refractivity (Wildman–Crippen MR) is 102 cm³/mol. The zero-order chi connectivity index (χ0) is 22.1. The van der Waals surface area contributed by atoms with E-state index >= 15 is 0 Å². The van der Waals surface area contributed by atoms with Crippen LogP contribution in [0.15, 0.2) is 60.9 Å². The van der Waals surface area contributed by atoms with Crippen molar-refractivity contribution in [2.75, 3.05) is 5.73 Å². The lowest BCUT2D eigenvalue weighted by Gasteiger charge is -2.47. The van der Waals surface area contributed by atoms with Gasteiger partial charge in [0.15, 0.2) is 6.04 Å². The van der Waals surface area contributed by atoms with Gasteiger partial charge in [-0.25, -0.2) is 14.6 Å². The first-order valence-corrected chi connectivity index (χ1v) is 8.93. The van der Waals surface area contributed by atoms with Crippen molar-refractivity contribution in [2.45, 2.75) is 24.7 Å². The summed E-state index contributed by atoms with van der Waals surface area (Å²) in [5, 5.41) is 11.5. The van der Waals surface area contributed by atoms with Crippen molar-refractivity contribution in [1.29, 1.82) is 0 Å². The highest BCUT2D eigenvalue weighted by Gasteiger charge is 2.52. The molecule has 1 aromatic carbocycles. The van der Waals surface area contributed by atoms with Crippen molar-refractivity contribution in [3.63, 3.8) is 0 Å². The number of aromatic nitrogens is 1. The second kappa shape index (κ2) is 8.05. The summed E-state index contributed by atoms with van der Waals surface area (Å²) in [4.78, 5) is 28.9. The van der Waals surface area contributed by atoms with E-state index in [1.807, 2.05) is 5.32 Å². The third kappa shape index (κ3) is 4.22. The van der Waals surface area contributed by atoms with Crippen LogP contribution in [0.2, 0.25) is 0 Å². The normalized spacial score (nSPS) is 19.7. The number of hydrogen-bond acceptors (Lipinski definition) is 4. The summed E-state index contributed by atoms with van der Waals surface area (Å²) in [5.74, 6) is -1.77. The van der Waals surface area contributed by atoms with E-state index in [2.05, 4.69) is 11.6 Å². The molecule has 0 radical (unpaired) electrons. The molecule has 0 bridgehead atoms. The molecule has 0 saturated carbocycles. The highest BCUT2D eigenvalue weighted by Crippen LogP contribution is 2.39. The quantitative estimate of drug-likeness (QED) is 0.689. The number of nitrogens with one attached hydrogen (secondary N) is 1. The molecule has 1 saturated heterocycles. The SMILES string of the molecule is C=C1[C@H](Cc2ccnc(N)c2)[C@@H](C(=O)O)N1C(=O)N[C@@H](c1ccccc1)C(F)(F)F. The molecule has 30 heavy (non-hydrogen) atoms. The van der Waals surface area contributed by atoms with E-state index in [9.17, 15) is 27.9 Å². The van der Waals surface area contributed by atoms with Crippen LogP contribution in [0, 0.1) is 5.92 Å². The number of carboxylic acid groups (broad SMARTS) is 1. The molecule has 2 amide bonds. The van der Waals surface area contributed by atoms with Gasteiger partial charge in [0.05, 0.1) is 0 Å². The predicted octanol–water partition coefficient (Wildman–Crippen LogP) is 3.12. The maximum Gasteiger partial charge on any atom is 0.412 e. The Morgan fingerprint density at radius 3 is 2.50 bits per heavy atom. The van der Waals surface area contributed by atoms with Crippen molar-refractivity contribution < 1.29 is 27.9 Å². The number of nitrogens with zero attached hydrogens (tertiary/aromatic N) is 2. The van der Waals surface area contributed by atoms with Crippen LogP contribution in [0.5, 0.6) is 0 Å². The number of likely N-dealkylation sites (tertiary alicyclic amines) is 1. The number of benzene rings is 1. The Morgan fingerprint density at radius 2 is 1.93 bits per heavy atom. The molecule has 1 aliphatic heterocycles. The van der Waals surface area contributed by atoms with Gasteiger partial charge in [-0.1, -0.05) is 36.9 Å². The van der Waals surface area contributed by atoms with Crippen LogP contribution in [0.4, 0.5) is 23.8 Å². The topological polar surface area (TPSA) is 109 Å². The molecule has 3 atom stereocenters. The van der Waals surface area contributed by atoms with Crippen LogP contribution >= 0.6 is 0 Å². The molecule has 0 spiro atoms. The van der Waals surface area contributed by atoms with Crippen molar-refractivity contribution in [3.05, 3.63) is 72.1 Å². The van der Waals surface area contributed by atoms with Gasteiger partial charge in [0.25, 0.3) is 0 Å². The Labute approximate surface area is 170 Å². The van der Waals surface area contributed by atoms with Crippen LogP contribution in [0.25, 0.3) is 0 Å². The Kier molecular flexibility index (Phi) is 5.68. The van der Waals surface area contributed by atoms with Crippen LogP contribution < -0.4 is 11.1 Å². The Bertz CT molecular complexity index is 965. The fraction of sp³-hybridized carbons (Fsp3) is 0.250. The summed E-state index contributed by atoms with van der Waals surface area (Å²) >= 11 is 0. The first kappa shape index (κ1) is 21.2. The number of nitrogen functional groups attached to an aromatic ring is 1. The number of pyridine rings is 1. The molecule has 0 unspecified atom stereocenters. The number of anilines is 1. The third-order valence-corrected chi connectivity index (χ3v) is 4.90. The molecular weight excluding hydrogens is 401 g/mol. The number of rotatable bonds is 5. The first-order valence-electron chi connectivity index (χ1n) is 8.93. The largest absolute Gasteiger partial charge is 0.480 e. The summed E-state index contributed by atoms with van der Waals surface area (Å²) in [7, 11) is 0. The van der Waals surface area contributed by atoms with E-state index in [1.165, 1.54) is 30.5 Å². The highest BCUT2D eigenvalue weighted by molar-refractivity contribution is 5.88. The zero-order valence-corrected chi connectivity index (χ0v) is 15.6. The minimum Gasteiger partial charge on any atom is -0.480 e. The average molecular weight is 420 g/mol. The molecule has 3 rings (SSSR count). The summed E-state index contributed by atoms with van der Waals surface area (Å²) in [6.45, 7) is 3.71. The van der Waals surface area contributed by atoms with Gasteiger partial charge in [-0.2, -0.15) is 13.2 Å². The van der Waals surface area contributed by atoms with E-state index in [0.29, 0.717) is 5.56 Å². The average Bonchev–Trinajstić information content (AvgIpc) is 2.67. The van der Waals surface area contributed by atoms with Gasteiger partial charge in [0.1, 0.15) is 11.9 Å². The van der Waals surface area contributed by atoms with Gasteiger partial charge >= 0.3 is 18.2 Å². The van der Waals surface area contributed by atoms with E-state index in [4.69, 9.17) is 5.73 Å². The summed E-state index contributed by atoms with van der Waals surface area (Å²) in [6.07, 6.45) is -3.11. The van der Waals surface area contributed by atoms with Gasteiger partial charge in [0.2, 0.25) is 0 Å². The standard InChI is InChI=1S/C20H19F3N4O3/c1-11-14(9-12-7-8-25-15(24)10-12)16(18(28)29)27(11)19(30)26-17(20(21,22)23)13-5-3-2-4-6-13/h2-8,10,14,16-17H,1,9H2,(H2,24,25)(H,26,30)(H,28,29)/t14-,16-,17-/m0/s1. The van der Waals surface area contributed by atoms with Gasteiger partial charge in [0, 0.05) is 17.8 Å².